The van der Waals surface area contributed by atoms with E-state index in [9.17, 15) is 4.79 Å². The van der Waals surface area contributed by atoms with Gasteiger partial charge in [-0.3, -0.25) is 9.69 Å². The van der Waals surface area contributed by atoms with Gasteiger partial charge in [0, 0.05) is 26.1 Å². The summed E-state index contributed by atoms with van der Waals surface area (Å²) in [7, 11) is 0. The lowest BCUT2D eigenvalue weighted by Crippen LogP contribution is -2.33. The van der Waals surface area contributed by atoms with E-state index in [2.05, 4.69) is 48.2 Å². The molecule has 1 atom stereocenters. The van der Waals surface area contributed by atoms with Crippen LogP contribution in [0.25, 0.3) is 0 Å². The third kappa shape index (κ3) is 5.30. The fourth-order valence-electron chi connectivity index (χ4n) is 3.02. The van der Waals surface area contributed by atoms with Gasteiger partial charge in [0.05, 0.1) is 6.61 Å². The van der Waals surface area contributed by atoms with Crippen molar-refractivity contribution in [2.24, 2.45) is 5.92 Å². The van der Waals surface area contributed by atoms with Gasteiger partial charge in [-0.1, -0.05) is 48.9 Å². The van der Waals surface area contributed by atoms with Crippen LogP contribution in [0.1, 0.15) is 38.7 Å². The number of rotatable bonds is 7. The quantitative estimate of drug-likeness (QED) is 0.567. The Balaban J connectivity index is 1.77. The zero-order valence-corrected chi connectivity index (χ0v) is 13.8. The summed E-state index contributed by atoms with van der Waals surface area (Å²) in [5.41, 5.74) is 2.86. The molecule has 1 aromatic carbocycles. The lowest BCUT2D eigenvalue weighted by Gasteiger charge is -2.31. The van der Waals surface area contributed by atoms with Crippen molar-refractivity contribution in [1.82, 2.24) is 4.90 Å². The Morgan fingerprint density at radius 1 is 1.32 bits per heavy atom. The van der Waals surface area contributed by atoms with Gasteiger partial charge >= 0.3 is 5.97 Å². The van der Waals surface area contributed by atoms with Gasteiger partial charge in [0.1, 0.15) is 0 Å². The van der Waals surface area contributed by atoms with Crippen molar-refractivity contribution in [1.29, 1.82) is 0 Å². The Labute approximate surface area is 134 Å². The second-order valence-electron chi connectivity index (χ2n) is 6.02. The maximum atomic E-state index is 11.4. The second kappa shape index (κ2) is 8.74. The molecule has 0 saturated carbocycles. The summed E-state index contributed by atoms with van der Waals surface area (Å²) in [5.74, 6) is 0.497. The smallest absolute Gasteiger partial charge is 0.305 e. The van der Waals surface area contributed by atoms with Gasteiger partial charge in [0.25, 0.3) is 0 Å². The molecule has 0 bridgehead atoms. The summed E-state index contributed by atoms with van der Waals surface area (Å²) in [6, 6.07) is 10.6. The van der Waals surface area contributed by atoms with E-state index >= 15 is 0 Å². The SMILES string of the molecule is CCOC(=O)CCCC1=CCN(Cc2ccccc2)CC1C. The topological polar surface area (TPSA) is 29.5 Å². The lowest BCUT2D eigenvalue weighted by atomic mass is 9.92. The van der Waals surface area contributed by atoms with E-state index in [1.165, 1.54) is 11.1 Å². The third-order valence-corrected chi connectivity index (χ3v) is 4.18. The summed E-state index contributed by atoms with van der Waals surface area (Å²) < 4.78 is 4.97. The largest absolute Gasteiger partial charge is 0.466 e. The first-order valence-corrected chi connectivity index (χ1v) is 8.30. The fourth-order valence-corrected chi connectivity index (χ4v) is 3.02. The van der Waals surface area contributed by atoms with Crippen molar-refractivity contribution in [3.8, 4) is 0 Å². The van der Waals surface area contributed by atoms with Crippen LogP contribution in [0, 0.1) is 5.92 Å². The number of hydrogen-bond donors (Lipinski definition) is 0. The summed E-state index contributed by atoms with van der Waals surface area (Å²) in [6.07, 6.45) is 4.79. The van der Waals surface area contributed by atoms with Crippen LogP contribution in [0.3, 0.4) is 0 Å². The number of esters is 1. The van der Waals surface area contributed by atoms with Gasteiger partial charge < -0.3 is 4.74 Å². The standard InChI is InChI=1S/C19H27NO2/c1-3-22-19(21)11-7-10-18-12-13-20(14-16(18)2)15-17-8-5-4-6-9-17/h4-6,8-9,12,16H,3,7,10-11,13-15H2,1-2H3. The van der Waals surface area contributed by atoms with E-state index in [-0.39, 0.29) is 5.97 Å². The Morgan fingerprint density at radius 2 is 2.09 bits per heavy atom. The monoisotopic (exact) mass is 301 g/mol. The molecule has 0 N–H and O–H groups in total. The molecule has 0 spiro atoms. The Hall–Kier alpha value is -1.61. The van der Waals surface area contributed by atoms with Crippen LogP contribution in [0.15, 0.2) is 42.0 Å². The molecule has 120 valence electrons. The van der Waals surface area contributed by atoms with Crippen LogP contribution in [0.2, 0.25) is 0 Å². The Morgan fingerprint density at radius 3 is 2.77 bits per heavy atom. The lowest BCUT2D eigenvalue weighted by molar-refractivity contribution is -0.143. The molecule has 1 aromatic rings. The number of hydrogen-bond acceptors (Lipinski definition) is 3. The van der Waals surface area contributed by atoms with Gasteiger partial charge in [0.2, 0.25) is 0 Å². The van der Waals surface area contributed by atoms with E-state index in [4.69, 9.17) is 4.74 Å². The highest BCUT2D eigenvalue weighted by atomic mass is 16.5. The minimum atomic E-state index is -0.0720. The molecular weight excluding hydrogens is 274 g/mol. The summed E-state index contributed by atoms with van der Waals surface area (Å²) in [6.45, 7) is 7.73. The minimum Gasteiger partial charge on any atom is -0.466 e. The number of benzene rings is 1. The molecule has 1 unspecified atom stereocenters. The molecule has 0 amide bonds. The molecule has 1 aliphatic heterocycles. The molecule has 0 radical (unpaired) electrons. The highest BCUT2D eigenvalue weighted by Crippen LogP contribution is 2.24. The highest BCUT2D eigenvalue weighted by Gasteiger charge is 2.19. The summed E-state index contributed by atoms with van der Waals surface area (Å²) >= 11 is 0. The molecule has 1 heterocycles. The van der Waals surface area contributed by atoms with Crippen molar-refractivity contribution in [3.05, 3.63) is 47.5 Å². The maximum absolute atomic E-state index is 11.4. The van der Waals surface area contributed by atoms with Crippen LogP contribution in [-0.4, -0.2) is 30.6 Å². The fraction of sp³-hybridized carbons (Fsp3) is 0.526. The predicted octanol–water partition coefficient (Wildman–Crippen LogP) is 3.80. The molecular formula is C19H27NO2. The molecule has 3 heteroatoms. The Kier molecular flexibility index (Phi) is 6.66. The van der Waals surface area contributed by atoms with Crippen LogP contribution < -0.4 is 0 Å². The van der Waals surface area contributed by atoms with Crippen molar-refractivity contribution < 1.29 is 9.53 Å². The average Bonchev–Trinajstić information content (AvgIpc) is 2.51. The van der Waals surface area contributed by atoms with Gasteiger partial charge in [0.15, 0.2) is 0 Å². The van der Waals surface area contributed by atoms with Crippen LogP contribution >= 0.6 is 0 Å². The Bertz CT molecular complexity index is 495. The van der Waals surface area contributed by atoms with Crippen LogP contribution in [0.5, 0.6) is 0 Å². The molecule has 0 aliphatic carbocycles. The minimum absolute atomic E-state index is 0.0720. The van der Waals surface area contributed by atoms with Crippen molar-refractivity contribution in [2.75, 3.05) is 19.7 Å². The van der Waals surface area contributed by atoms with Gasteiger partial charge in [-0.25, -0.2) is 0 Å². The third-order valence-electron chi connectivity index (χ3n) is 4.18. The van der Waals surface area contributed by atoms with E-state index in [0.717, 1.165) is 32.5 Å². The first kappa shape index (κ1) is 16.8. The zero-order chi connectivity index (χ0) is 15.8. The molecule has 22 heavy (non-hydrogen) atoms. The molecule has 2 rings (SSSR count). The van der Waals surface area contributed by atoms with Gasteiger partial charge in [-0.15, -0.1) is 0 Å². The summed E-state index contributed by atoms with van der Waals surface area (Å²) in [5, 5.41) is 0. The van der Waals surface area contributed by atoms with E-state index in [0.29, 0.717) is 18.9 Å². The highest BCUT2D eigenvalue weighted by molar-refractivity contribution is 5.69. The van der Waals surface area contributed by atoms with E-state index in [1.807, 2.05) is 6.92 Å². The van der Waals surface area contributed by atoms with E-state index in [1.54, 1.807) is 0 Å². The van der Waals surface area contributed by atoms with Gasteiger partial charge in [-0.2, -0.15) is 0 Å². The number of carbonyl (C=O) groups is 1. The van der Waals surface area contributed by atoms with Gasteiger partial charge in [-0.05, 0) is 31.2 Å². The summed E-state index contributed by atoms with van der Waals surface area (Å²) in [4.78, 5) is 13.9. The van der Waals surface area contributed by atoms with Crippen molar-refractivity contribution >= 4 is 5.97 Å². The number of nitrogens with zero attached hydrogens (tertiary/aromatic N) is 1. The predicted molar refractivity (Wildman–Crippen MR) is 89.5 cm³/mol. The van der Waals surface area contributed by atoms with Crippen LogP contribution in [0.4, 0.5) is 0 Å². The normalized spacial score (nSPS) is 18.8. The van der Waals surface area contributed by atoms with Crippen molar-refractivity contribution in [3.63, 3.8) is 0 Å². The zero-order valence-electron chi connectivity index (χ0n) is 13.8. The first-order valence-electron chi connectivity index (χ1n) is 8.30. The number of ether oxygens (including phenoxy) is 1. The maximum Gasteiger partial charge on any atom is 0.305 e. The first-order chi connectivity index (χ1) is 10.7. The molecule has 0 saturated heterocycles. The van der Waals surface area contributed by atoms with E-state index < -0.39 is 0 Å². The molecule has 1 aliphatic rings. The number of carbonyl (C=O) groups excluding carboxylic acids is 1. The second-order valence-corrected chi connectivity index (χ2v) is 6.02. The average molecular weight is 301 g/mol. The molecule has 0 aromatic heterocycles. The molecule has 3 nitrogen and oxygen atoms in total. The molecule has 0 fully saturated rings. The van der Waals surface area contributed by atoms with Crippen molar-refractivity contribution in [2.45, 2.75) is 39.7 Å². The van der Waals surface area contributed by atoms with Crippen LogP contribution in [-0.2, 0) is 16.1 Å².